The van der Waals surface area contributed by atoms with Crippen molar-refractivity contribution in [1.29, 1.82) is 0 Å². The Morgan fingerprint density at radius 2 is 1.37 bits per heavy atom. The standard InChI is InChI=1S/C21H26B2O4/c1-19(2)18(23-26-20(3,4)21(5,6)27-23)17(22(24)25-19)16-12-11-14-9-7-8-10-15(14)13-16/h7-13,24H,1-6H3. The lowest BCUT2D eigenvalue weighted by atomic mass is 9.62. The Bertz CT molecular complexity index is 917. The van der Waals surface area contributed by atoms with Crippen molar-refractivity contribution in [2.45, 2.75) is 58.3 Å². The van der Waals surface area contributed by atoms with Crippen molar-refractivity contribution in [3.8, 4) is 0 Å². The van der Waals surface area contributed by atoms with E-state index >= 15 is 0 Å². The van der Waals surface area contributed by atoms with E-state index in [4.69, 9.17) is 14.0 Å². The minimum Gasteiger partial charge on any atom is -0.423 e. The van der Waals surface area contributed by atoms with Crippen LogP contribution in [-0.2, 0) is 14.0 Å². The summed E-state index contributed by atoms with van der Waals surface area (Å²) < 4.78 is 18.5. The van der Waals surface area contributed by atoms with Gasteiger partial charge in [-0.15, -0.1) is 0 Å². The maximum atomic E-state index is 10.7. The Hall–Kier alpha value is -1.59. The summed E-state index contributed by atoms with van der Waals surface area (Å²) >= 11 is 0. The fraction of sp³-hybridized carbons (Fsp3) is 0.429. The van der Waals surface area contributed by atoms with E-state index in [1.807, 2.05) is 59.7 Å². The molecular weight excluding hydrogens is 338 g/mol. The highest BCUT2D eigenvalue weighted by Crippen LogP contribution is 2.46. The van der Waals surface area contributed by atoms with E-state index in [0.717, 1.165) is 27.3 Å². The summed E-state index contributed by atoms with van der Waals surface area (Å²) in [6.45, 7) is 12.0. The maximum absolute atomic E-state index is 10.7. The zero-order valence-corrected chi connectivity index (χ0v) is 16.9. The molecule has 0 spiro atoms. The average molecular weight is 364 g/mol. The van der Waals surface area contributed by atoms with Crippen molar-refractivity contribution in [2.24, 2.45) is 0 Å². The van der Waals surface area contributed by atoms with Crippen LogP contribution in [0, 0.1) is 0 Å². The van der Waals surface area contributed by atoms with E-state index in [0.29, 0.717) is 0 Å². The molecule has 2 heterocycles. The normalized spacial score (nSPS) is 23.5. The molecule has 1 N–H and O–H groups in total. The zero-order chi connectivity index (χ0) is 19.6. The van der Waals surface area contributed by atoms with Crippen LogP contribution in [0.15, 0.2) is 47.9 Å². The molecule has 0 aliphatic carbocycles. The molecule has 6 heteroatoms. The molecule has 1 fully saturated rings. The smallest absolute Gasteiger partial charge is 0.423 e. The molecule has 4 nitrogen and oxygen atoms in total. The van der Waals surface area contributed by atoms with Crippen molar-refractivity contribution in [3.63, 3.8) is 0 Å². The molecule has 27 heavy (non-hydrogen) atoms. The van der Waals surface area contributed by atoms with Crippen LogP contribution in [0.5, 0.6) is 0 Å². The van der Waals surface area contributed by atoms with Gasteiger partial charge in [-0.05, 0) is 74.9 Å². The molecule has 0 bridgehead atoms. The molecule has 0 aromatic heterocycles. The summed E-state index contributed by atoms with van der Waals surface area (Å²) in [5.41, 5.74) is 0.914. The third kappa shape index (κ3) is 2.95. The summed E-state index contributed by atoms with van der Waals surface area (Å²) in [6, 6.07) is 14.4. The highest BCUT2D eigenvalue weighted by molar-refractivity contribution is 6.74. The van der Waals surface area contributed by atoms with E-state index in [1.165, 1.54) is 0 Å². The van der Waals surface area contributed by atoms with E-state index in [1.54, 1.807) is 0 Å². The van der Waals surface area contributed by atoms with Gasteiger partial charge in [0.05, 0.1) is 16.8 Å². The van der Waals surface area contributed by atoms with Gasteiger partial charge in [-0.2, -0.15) is 0 Å². The predicted octanol–water partition coefficient (Wildman–Crippen LogP) is 4.05. The average Bonchev–Trinajstić information content (AvgIpc) is 2.93. The number of hydrogen-bond acceptors (Lipinski definition) is 4. The van der Waals surface area contributed by atoms with Crippen LogP contribution in [0.4, 0.5) is 0 Å². The molecule has 2 aliphatic heterocycles. The van der Waals surface area contributed by atoms with Crippen molar-refractivity contribution in [3.05, 3.63) is 53.5 Å². The summed E-state index contributed by atoms with van der Waals surface area (Å²) in [7, 11) is -1.58. The Morgan fingerprint density at radius 3 is 2.00 bits per heavy atom. The SMILES string of the molecule is CC1(C)OB(O)C(c2ccc3ccccc3c2)=C1B1OC(C)(C)C(C)(C)O1. The number of benzene rings is 2. The lowest BCUT2D eigenvalue weighted by Crippen LogP contribution is -2.41. The minimum absolute atomic E-state index is 0.456. The van der Waals surface area contributed by atoms with Crippen molar-refractivity contribution in [2.75, 3.05) is 0 Å². The Balaban J connectivity index is 1.87. The van der Waals surface area contributed by atoms with Crippen LogP contribution in [0.3, 0.4) is 0 Å². The molecule has 0 radical (unpaired) electrons. The topological polar surface area (TPSA) is 47.9 Å². The molecule has 140 valence electrons. The van der Waals surface area contributed by atoms with Crippen molar-refractivity contribution in [1.82, 2.24) is 0 Å². The van der Waals surface area contributed by atoms with Gasteiger partial charge in [0.15, 0.2) is 0 Å². The molecular formula is C21H26B2O4. The Morgan fingerprint density at radius 1 is 0.778 bits per heavy atom. The predicted molar refractivity (Wildman–Crippen MR) is 110 cm³/mol. The molecule has 4 rings (SSSR count). The molecule has 0 saturated carbocycles. The number of hydrogen-bond donors (Lipinski definition) is 1. The third-order valence-corrected chi connectivity index (χ3v) is 6.14. The van der Waals surface area contributed by atoms with E-state index < -0.39 is 31.0 Å². The van der Waals surface area contributed by atoms with Gasteiger partial charge in [-0.3, -0.25) is 0 Å². The first-order valence-corrected chi connectivity index (χ1v) is 9.47. The quantitative estimate of drug-likeness (QED) is 0.817. The molecule has 2 aromatic carbocycles. The van der Waals surface area contributed by atoms with Crippen molar-refractivity contribution < 1.29 is 19.0 Å². The van der Waals surface area contributed by atoms with E-state index in [-0.39, 0.29) is 0 Å². The monoisotopic (exact) mass is 364 g/mol. The second-order valence-electron chi connectivity index (χ2n) is 8.96. The molecule has 0 unspecified atom stereocenters. The summed E-state index contributed by atoms with van der Waals surface area (Å²) in [5, 5.41) is 13.0. The molecule has 2 aromatic rings. The lowest BCUT2D eigenvalue weighted by molar-refractivity contribution is 0.00578. The fourth-order valence-electron chi connectivity index (χ4n) is 3.89. The van der Waals surface area contributed by atoms with Gasteiger partial charge in [0, 0.05) is 0 Å². The van der Waals surface area contributed by atoms with Gasteiger partial charge < -0.3 is 19.0 Å². The molecule has 1 saturated heterocycles. The first-order chi connectivity index (χ1) is 12.5. The Labute approximate surface area is 161 Å². The summed E-state index contributed by atoms with van der Waals surface area (Å²) in [4.78, 5) is 0. The molecule has 2 aliphatic rings. The number of fused-ring (bicyclic) bond motifs is 1. The van der Waals surface area contributed by atoms with Gasteiger partial charge in [0.25, 0.3) is 0 Å². The fourth-order valence-corrected chi connectivity index (χ4v) is 3.89. The van der Waals surface area contributed by atoms with Crippen LogP contribution in [0.2, 0.25) is 0 Å². The maximum Gasteiger partial charge on any atom is 0.493 e. The zero-order valence-electron chi connectivity index (χ0n) is 16.9. The highest BCUT2D eigenvalue weighted by atomic mass is 16.7. The first-order valence-electron chi connectivity index (χ1n) is 9.47. The van der Waals surface area contributed by atoms with Crippen LogP contribution >= 0.6 is 0 Å². The largest absolute Gasteiger partial charge is 0.493 e. The van der Waals surface area contributed by atoms with Crippen LogP contribution in [0.1, 0.15) is 47.1 Å². The van der Waals surface area contributed by atoms with Gasteiger partial charge in [-0.1, -0.05) is 36.4 Å². The Kier molecular flexibility index (Phi) is 4.13. The number of rotatable bonds is 2. The highest BCUT2D eigenvalue weighted by Gasteiger charge is 2.58. The molecule has 0 atom stereocenters. The third-order valence-electron chi connectivity index (χ3n) is 6.14. The first kappa shape index (κ1) is 18.8. The van der Waals surface area contributed by atoms with Gasteiger partial charge in [0.1, 0.15) is 0 Å². The van der Waals surface area contributed by atoms with Gasteiger partial charge in [0.2, 0.25) is 0 Å². The summed E-state index contributed by atoms with van der Waals surface area (Å²) in [5.74, 6) is 0. The lowest BCUT2D eigenvalue weighted by Gasteiger charge is -2.32. The van der Waals surface area contributed by atoms with Gasteiger partial charge >= 0.3 is 14.2 Å². The van der Waals surface area contributed by atoms with Crippen molar-refractivity contribution >= 4 is 30.5 Å². The minimum atomic E-state index is -1.02. The van der Waals surface area contributed by atoms with Crippen LogP contribution in [0.25, 0.3) is 16.2 Å². The van der Waals surface area contributed by atoms with Crippen LogP contribution in [-0.4, -0.2) is 36.1 Å². The van der Waals surface area contributed by atoms with Gasteiger partial charge in [-0.25, -0.2) is 0 Å². The molecule has 0 amide bonds. The second kappa shape index (κ2) is 5.95. The van der Waals surface area contributed by atoms with E-state index in [2.05, 4.69) is 24.3 Å². The van der Waals surface area contributed by atoms with E-state index in [9.17, 15) is 5.02 Å². The summed E-state index contributed by atoms with van der Waals surface area (Å²) in [6.07, 6.45) is 0. The van der Waals surface area contributed by atoms with Crippen LogP contribution < -0.4 is 0 Å². The second-order valence-corrected chi connectivity index (χ2v) is 8.96.